The van der Waals surface area contributed by atoms with Crippen LogP contribution in [-0.2, 0) is 4.79 Å². The van der Waals surface area contributed by atoms with Crippen LogP contribution in [0.15, 0.2) is 18.2 Å². The number of carbonyl (C=O) groups is 2. The molecular weight excluding hydrogens is 306 g/mol. The number of hydrogen-bond acceptors (Lipinski definition) is 5. The molecular formula is C17H21N5O2. The number of rotatable bonds is 2. The van der Waals surface area contributed by atoms with Crippen LogP contribution in [-0.4, -0.2) is 65.0 Å². The third kappa shape index (κ3) is 3.21. The highest BCUT2D eigenvalue weighted by molar-refractivity contribution is 6.09. The molecule has 0 saturated carbocycles. The van der Waals surface area contributed by atoms with E-state index >= 15 is 0 Å². The van der Waals surface area contributed by atoms with Crippen molar-refractivity contribution < 1.29 is 9.59 Å². The summed E-state index contributed by atoms with van der Waals surface area (Å²) in [5, 5.41) is 11.8. The van der Waals surface area contributed by atoms with Gasteiger partial charge >= 0.3 is 0 Å². The van der Waals surface area contributed by atoms with Gasteiger partial charge in [0, 0.05) is 38.5 Å². The van der Waals surface area contributed by atoms with Gasteiger partial charge in [-0.15, -0.1) is 10.2 Å². The van der Waals surface area contributed by atoms with Crippen LogP contribution in [0, 0.1) is 6.92 Å². The lowest BCUT2D eigenvalue weighted by atomic mass is 10.1. The number of likely N-dealkylation sites (N-methyl/N-ethyl adjacent to an activating group) is 1. The first-order valence-electron chi connectivity index (χ1n) is 7.98. The fourth-order valence-electron chi connectivity index (χ4n) is 2.83. The molecule has 2 heterocycles. The minimum Gasteiger partial charge on any atom is -0.335 e. The predicted octanol–water partition coefficient (Wildman–Crippen LogP) is 1.28. The number of amides is 2. The van der Waals surface area contributed by atoms with Crippen molar-refractivity contribution in [2.24, 2.45) is 0 Å². The van der Waals surface area contributed by atoms with E-state index < -0.39 is 0 Å². The molecule has 0 atom stereocenters. The molecule has 1 aromatic carbocycles. The molecule has 2 amide bonds. The highest BCUT2D eigenvalue weighted by Crippen LogP contribution is 2.26. The maximum atomic E-state index is 12.9. The average Bonchev–Trinajstić information content (AvgIpc) is 2.55. The van der Waals surface area contributed by atoms with Gasteiger partial charge in [-0.05, 0) is 26.1 Å². The fourth-order valence-corrected chi connectivity index (χ4v) is 2.83. The Hall–Kier alpha value is -2.54. The quantitative estimate of drug-likeness (QED) is 0.899. The summed E-state index contributed by atoms with van der Waals surface area (Å²) in [5.74, 6) is -0.430. The Kier molecular flexibility index (Phi) is 4.44. The molecule has 2 aromatic rings. The molecule has 24 heavy (non-hydrogen) atoms. The SMILES string of the molecule is CC(=O)Nc1c(C(=O)N2CCN(C)CC2)nnc2ccc(C)cc12. The van der Waals surface area contributed by atoms with Crippen LogP contribution in [0.5, 0.6) is 0 Å². The van der Waals surface area contributed by atoms with Crippen LogP contribution in [0.25, 0.3) is 10.9 Å². The number of nitrogens with one attached hydrogen (secondary N) is 1. The minimum absolute atomic E-state index is 0.192. The van der Waals surface area contributed by atoms with Crippen LogP contribution >= 0.6 is 0 Å². The van der Waals surface area contributed by atoms with E-state index in [0.717, 1.165) is 24.0 Å². The fraction of sp³-hybridized carbons (Fsp3) is 0.412. The van der Waals surface area contributed by atoms with Crippen molar-refractivity contribution in [3.63, 3.8) is 0 Å². The van der Waals surface area contributed by atoms with E-state index in [0.29, 0.717) is 24.3 Å². The summed E-state index contributed by atoms with van der Waals surface area (Å²) < 4.78 is 0. The Morgan fingerprint density at radius 3 is 2.50 bits per heavy atom. The third-order valence-electron chi connectivity index (χ3n) is 4.21. The predicted molar refractivity (Wildman–Crippen MR) is 92.0 cm³/mol. The van der Waals surface area contributed by atoms with Crippen LogP contribution < -0.4 is 5.32 Å². The molecule has 1 saturated heterocycles. The number of piperazine rings is 1. The Labute approximate surface area is 140 Å². The summed E-state index contributed by atoms with van der Waals surface area (Å²) in [5.41, 5.74) is 2.33. The molecule has 1 N–H and O–H groups in total. The van der Waals surface area contributed by atoms with E-state index in [2.05, 4.69) is 20.4 Å². The van der Waals surface area contributed by atoms with Gasteiger partial charge in [-0.3, -0.25) is 9.59 Å². The number of benzene rings is 1. The largest absolute Gasteiger partial charge is 0.335 e. The molecule has 0 radical (unpaired) electrons. The van der Waals surface area contributed by atoms with Crippen molar-refractivity contribution >= 4 is 28.4 Å². The molecule has 1 aliphatic heterocycles. The molecule has 0 bridgehead atoms. The molecule has 0 spiro atoms. The molecule has 1 fully saturated rings. The number of nitrogens with zero attached hydrogens (tertiary/aromatic N) is 4. The molecule has 0 unspecified atom stereocenters. The Bertz CT molecular complexity index is 797. The third-order valence-corrected chi connectivity index (χ3v) is 4.21. The lowest BCUT2D eigenvalue weighted by molar-refractivity contribution is -0.114. The van der Waals surface area contributed by atoms with Crippen LogP contribution in [0.4, 0.5) is 5.69 Å². The zero-order valence-corrected chi connectivity index (χ0v) is 14.2. The van der Waals surface area contributed by atoms with Crippen molar-refractivity contribution in [2.45, 2.75) is 13.8 Å². The highest BCUT2D eigenvalue weighted by Gasteiger charge is 2.26. The lowest BCUT2D eigenvalue weighted by Crippen LogP contribution is -2.47. The molecule has 126 valence electrons. The van der Waals surface area contributed by atoms with E-state index in [1.165, 1.54) is 6.92 Å². The van der Waals surface area contributed by atoms with Crippen LogP contribution in [0.1, 0.15) is 23.0 Å². The van der Waals surface area contributed by atoms with Crippen molar-refractivity contribution in [3.05, 3.63) is 29.5 Å². The van der Waals surface area contributed by atoms with Crippen molar-refractivity contribution in [1.82, 2.24) is 20.0 Å². The zero-order chi connectivity index (χ0) is 17.3. The molecule has 7 heteroatoms. The number of aromatic nitrogens is 2. The smallest absolute Gasteiger partial charge is 0.276 e. The Morgan fingerprint density at radius 1 is 1.12 bits per heavy atom. The molecule has 3 rings (SSSR count). The van der Waals surface area contributed by atoms with Crippen molar-refractivity contribution in [1.29, 1.82) is 0 Å². The van der Waals surface area contributed by atoms with Crippen LogP contribution in [0.2, 0.25) is 0 Å². The van der Waals surface area contributed by atoms with E-state index in [1.807, 2.05) is 32.2 Å². The van der Waals surface area contributed by atoms with Gasteiger partial charge in [0.1, 0.15) is 0 Å². The normalized spacial score (nSPS) is 15.5. The van der Waals surface area contributed by atoms with Crippen molar-refractivity contribution in [2.75, 3.05) is 38.5 Å². The first kappa shape index (κ1) is 16.3. The number of hydrogen-bond donors (Lipinski definition) is 1. The number of fused-ring (bicyclic) bond motifs is 1. The van der Waals surface area contributed by atoms with E-state index in [1.54, 1.807) is 4.90 Å². The molecule has 7 nitrogen and oxygen atoms in total. The first-order chi connectivity index (χ1) is 11.5. The number of anilines is 1. The Morgan fingerprint density at radius 2 is 1.83 bits per heavy atom. The second-order valence-electron chi connectivity index (χ2n) is 6.22. The summed E-state index contributed by atoms with van der Waals surface area (Å²) in [7, 11) is 2.03. The van der Waals surface area contributed by atoms with Crippen molar-refractivity contribution in [3.8, 4) is 0 Å². The van der Waals surface area contributed by atoms with E-state index in [9.17, 15) is 9.59 Å². The van der Waals surface area contributed by atoms with Gasteiger partial charge in [-0.1, -0.05) is 11.6 Å². The summed E-state index contributed by atoms with van der Waals surface area (Å²) in [6.45, 7) is 6.30. The average molecular weight is 327 g/mol. The summed E-state index contributed by atoms with van der Waals surface area (Å²) in [4.78, 5) is 28.5. The maximum Gasteiger partial charge on any atom is 0.276 e. The lowest BCUT2D eigenvalue weighted by Gasteiger charge is -2.32. The number of aryl methyl sites for hydroxylation is 1. The van der Waals surface area contributed by atoms with Gasteiger partial charge in [-0.2, -0.15) is 0 Å². The molecule has 1 aromatic heterocycles. The second-order valence-corrected chi connectivity index (χ2v) is 6.22. The first-order valence-corrected chi connectivity index (χ1v) is 7.98. The highest BCUT2D eigenvalue weighted by atomic mass is 16.2. The van der Waals surface area contributed by atoms with Gasteiger partial charge in [0.25, 0.3) is 5.91 Å². The molecule has 0 aliphatic carbocycles. The standard InChI is InChI=1S/C17H21N5O2/c1-11-4-5-14-13(10-11)15(18-12(2)23)16(20-19-14)17(24)22-8-6-21(3)7-9-22/h4-5,10H,6-9H2,1-3H3,(H,18,19,23). The van der Waals surface area contributed by atoms with Crippen LogP contribution in [0.3, 0.4) is 0 Å². The van der Waals surface area contributed by atoms with E-state index in [-0.39, 0.29) is 17.5 Å². The van der Waals surface area contributed by atoms with Gasteiger partial charge in [0.15, 0.2) is 5.69 Å². The topological polar surface area (TPSA) is 78.4 Å². The van der Waals surface area contributed by atoms with Gasteiger partial charge in [-0.25, -0.2) is 0 Å². The van der Waals surface area contributed by atoms with Gasteiger partial charge in [0.2, 0.25) is 5.91 Å². The zero-order valence-electron chi connectivity index (χ0n) is 14.2. The molecule has 1 aliphatic rings. The monoisotopic (exact) mass is 327 g/mol. The second kappa shape index (κ2) is 6.52. The Balaban J connectivity index is 2.05. The summed E-state index contributed by atoms with van der Waals surface area (Å²) >= 11 is 0. The van der Waals surface area contributed by atoms with E-state index in [4.69, 9.17) is 0 Å². The number of carbonyl (C=O) groups excluding carboxylic acids is 2. The van der Waals surface area contributed by atoms with Gasteiger partial charge in [0.05, 0.1) is 11.2 Å². The summed E-state index contributed by atoms with van der Waals surface area (Å²) in [6.07, 6.45) is 0. The minimum atomic E-state index is -0.238. The summed E-state index contributed by atoms with van der Waals surface area (Å²) in [6, 6.07) is 5.68. The van der Waals surface area contributed by atoms with Gasteiger partial charge < -0.3 is 15.1 Å². The maximum absolute atomic E-state index is 12.9.